The number of carboxylic acid groups (broad SMARTS) is 1. The van der Waals surface area contributed by atoms with Gasteiger partial charge in [-0.05, 0) is 25.7 Å². The first kappa shape index (κ1) is 19.6. The summed E-state index contributed by atoms with van der Waals surface area (Å²) in [4.78, 5) is 29.1. The molecule has 25 heavy (non-hydrogen) atoms. The van der Waals surface area contributed by atoms with Gasteiger partial charge in [-0.25, -0.2) is 9.78 Å². The Bertz CT molecular complexity index is 589. The lowest BCUT2D eigenvalue weighted by Gasteiger charge is -2.25. The van der Waals surface area contributed by atoms with E-state index in [9.17, 15) is 18.0 Å². The standard InChI is InChI=1S/C13H19N3OS.C2HF3O2/c17-13(16-8-2-1-3-9-16)12-15-10-4-6-14-7-5-11(10)18-12;3-2(4,5)1(6)7/h14H,1-9H2;(H,6,7). The number of carbonyl (C=O) groups is 2. The van der Waals surface area contributed by atoms with Crippen LogP contribution in [0.3, 0.4) is 0 Å². The molecule has 2 aliphatic rings. The van der Waals surface area contributed by atoms with E-state index in [1.54, 1.807) is 11.3 Å². The third-order valence-corrected chi connectivity index (χ3v) is 5.06. The minimum atomic E-state index is -5.08. The van der Waals surface area contributed by atoms with Gasteiger partial charge in [0.15, 0.2) is 5.01 Å². The quantitative estimate of drug-likeness (QED) is 0.781. The predicted molar refractivity (Wildman–Crippen MR) is 85.8 cm³/mol. The van der Waals surface area contributed by atoms with Crippen LogP contribution in [0.5, 0.6) is 0 Å². The van der Waals surface area contributed by atoms with Crippen molar-refractivity contribution in [2.75, 3.05) is 26.2 Å². The second-order valence-electron chi connectivity index (χ2n) is 5.79. The van der Waals surface area contributed by atoms with Crippen LogP contribution in [0.4, 0.5) is 13.2 Å². The Balaban J connectivity index is 0.000000277. The number of likely N-dealkylation sites (tertiary alicyclic amines) is 1. The summed E-state index contributed by atoms with van der Waals surface area (Å²) in [5.74, 6) is -2.60. The van der Waals surface area contributed by atoms with Crippen molar-refractivity contribution < 1.29 is 27.9 Å². The van der Waals surface area contributed by atoms with Gasteiger partial charge in [-0.3, -0.25) is 4.79 Å². The molecular formula is C15H20F3N3O3S. The molecule has 0 saturated carbocycles. The van der Waals surface area contributed by atoms with Gasteiger partial charge in [0, 0.05) is 37.5 Å². The van der Waals surface area contributed by atoms with Crippen LogP contribution in [0.15, 0.2) is 0 Å². The van der Waals surface area contributed by atoms with E-state index in [1.807, 2.05) is 4.90 Å². The van der Waals surface area contributed by atoms with Crippen LogP contribution in [0, 0.1) is 0 Å². The third kappa shape index (κ3) is 5.67. The SMILES string of the molecule is O=C(O)C(F)(F)F.O=C(c1nc2c(s1)CCNCC2)N1CCCCC1. The van der Waals surface area contributed by atoms with Gasteiger partial charge in [-0.2, -0.15) is 13.2 Å². The molecule has 2 aliphatic heterocycles. The zero-order valence-corrected chi connectivity index (χ0v) is 14.4. The molecule has 1 saturated heterocycles. The van der Waals surface area contributed by atoms with E-state index in [2.05, 4.69) is 10.3 Å². The van der Waals surface area contributed by atoms with Gasteiger partial charge < -0.3 is 15.3 Å². The topological polar surface area (TPSA) is 82.5 Å². The van der Waals surface area contributed by atoms with Gasteiger partial charge in [0.1, 0.15) is 0 Å². The van der Waals surface area contributed by atoms with Crippen LogP contribution in [0.1, 0.15) is 39.6 Å². The molecular weight excluding hydrogens is 359 g/mol. The molecule has 1 fully saturated rings. The smallest absolute Gasteiger partial charge is 0.475 e. The highest BCUT2D eigenvalue weighted by Gasteiger charge is 2.38. The van der Waals surface area contributed by atoms with Gasteiger partial charge in [0.05, 0.1) is 5.69 Å². The first-order chi connectivity index (χ1) is 11.8. The lowest BCUT2D eigenvalue weighted by atomic mass is 10.1. The molecule has 0 radical (unpaired) electrons. The van der Waals surface area contributed by atoms with Crippen molar-refractivity contribution in [3.05, 3.63) is 15.6 Å². The highest BCUT2D eigenvalue weighted by atomic mass is 32.1. The maximum Gasteiger partial charge on any atom is 0.490 e. The fourth-order valence-corrected chi connectivity index (χ4v) is 3.71. The number of hydrogen-bond acceptors (Lipinski definition) is 5. The monoisotopic (exact) mass is 379 g/mol. The molecule has 0 atom stereocenters. The van der Waals surface area contributed by atoms with Crippen molar-refractivity contribution in [1.29, 1.82) is 0 Å². The number of hydrogen-bond donors (Lipinski definition) is 2. The number of rotatable bonds is 1. The van der Waals surface area contributed by atoms with E-state index in [4.69, 9.17) is 9.90 Å². The Labute approximate surface area is 147 Å². The van der Waals surface area contributed by atoms with E-state index in [0.29, 0.717) is 5.01 Å². The molecule has 140 valence electrons. The number of piperidine rings is 1. The average Bonchev–Trinajstić information content (AvgIpc) is 2.85. The molecule has 2 N–H and O–H groups in total. The number of aliphatic carboxylic acids is 1. The molecule has 3 heterocycles. The molecule has 0 aromatic carbocycles. The van der Waals surface area contributed by atoms with E-state index in [0.717, 1.165) is 57.6 Å². The Morgan fingerprint density at radius 3 is 2.32 bits per heavy atom. The molecule has 0 spiro atoms. The van der Waals surface area contributed by atoms with Gasteiger partial charge in [0.2, 0.25) is 0 Å². The molecule has 6 nitrogen and oxygen atoms in total. The number of nitrogens with zero attached hydrogens (tertiary/aromatic N) is 2. The average molecular weight is 379 g/mol. The zero-order chi connectivity index (χ0) is 18.4. The van der Waals surface area contributed by atoms with Crippen LogP contribution in [-0.2, 0) is 17.6 Å². The predicted octanol–water partition coefficient (Wildman–Crippen LogP) is 2.09. The van der Waals surface area contributed by atoms with Crippen LogP contribution < -0.4 is 5.32 Å². The molecule has 10 heteroatoms. The number of aromatic nitrogens is 1. The summed E-state index contributed by atoms with van der Waals surface area (Å²) in [7, 11) is 0. The van der Waals surface area contributed by atoms with Crippen molar-refractivity contribution in [3.8, 4) is 0 Å². The summed E-state index contributed by atoms with van der Waals surface area (Å²) in [6.45, 7) is 3.80. The van der Waals surface area contributed by atoms with E-state index < -0.39 is 12.1 Å². The van der Waals surface area contributed by atoms with Crippen LogP contribution in [0.2, 0.25) is 0 Å². The van der Waals surface area contributed by atoms with Crippen LogP contribution in [-0.4, -0.2) is 59.2 Å². The summed E-state index contributed by atoms with van der Waals surface area (Å²) in [6.07, 6.45) is 0.421. The minimum absolute atomic E-state index is 0.153. The Kier molecular flexibility index (Phi) is 6.77. The molecule has 1 amide bonds. The highest BCUT2D eigenvalue weighted by Crippen LogP contribution is 2.23. The van der Waals surface area contributed by atoms with Gasteiger partial charge in [0.25, 0.3) is 5.91 Å². The summed E-state index contributed by atoms with van der Waals surface area (Å²) in [5.41, 5.74) is 1.14. The van der Waals surface area contributed by atoms with E-state index >= 15 is 0 Å². The van der Waals surface area contributed by atoms with Crippen molar-refractivity contribution in [2.24, 2.45) is 0 Å². The van der Waals surface area contributed by atoms with Crippen molar-refractivity contribution >= 4 is 23.2 Å². The van der Waals surface area contributed by atoms with Gasteiger partial charge in [-0.15, -0.1) is 11.3 Å². The molecule has 3 rings (SSSR count). The lowest BCUT2D eigenvalue weighted by Crippen LogP contribution is -2.35. The van der Waals surface area contributed by atoms with E-state index in [-0.39, 0.29) is 5.91 Å². The maximum absolute atomic E-state index is 12.4. The normalized spacial score (nSPS) is 17.8. The van der Waals surface area contributed by atoms with Crippen molar-refractivity contribution in [2.45, 2.75) is 38.3 Å². The molecule has 1 aromatic heterocycles. The second-order valence-corrected chi connectivity index (χ2v) is 6.88. The molecule has 0 aliphatic carbocycles. The largest absolute Gasteiger partial charge is 0.490 e. The number of thiazole rings is 1. The number of alkyl halides is 3. The number of halogens is 3. The first-order valence-corrected chi connectivity index (χ1v) is 8.89. The lowest BCUT2D eigenvalue weighted by molar-refractivity contribution is -0.192. The maximum atomic E-state index is 12.4. The van der Waals surface area contributed by atoms with Gasteiger partial charge in [-0.1, -0.05) is 0 Å². The number of nitrogens with one attached hydrogen (secondary N) is 1. The number of fused-ring (bicyclic) bond motifs is 1. The number of amides is 1. The minimum Gasteiger partial charge on any atom is -0.475 e. The molecule has 1 aromatic rings. The Hall–Kier alpha value is -1.68. The Morgan fingerprint density at radius 2 is 1.72 bits per heavy atom. The molecule has 0 bridgehead atoms. The third-order valence-electron chi connectivity index (χ3n) is 3.91. The number of carbonyl (C=O) groups excluding carboxylic acids is 1. The highest BCUT2D eigenvalue weighted by molar-refractivity contribution is 7.13. The summed E-state index contributed by atoms with van der Waals surface area (Å²) in [6, 6.07) is 0. The fourth-order valence-electron chi connectivity index (χ4n) is 2.63. The number of carboxylic acids is 1. The summed E-state index contributed by atoms with van der Waals surface area (Å²) >= 11 is 1.61. The first-order valence-electron chi connectivity index (χ1n) is 8.07. The zero-order valence-electron chi connectivity index (χ0n) is 13.6. The van der Waals surface area contributed by atoms with Gasteiger partial charge >= 0.3 is 12.1 Å². The molecule has 0 unspecified atom stereocenters. The fraction of sp³-hybridized carbons (Fsp3) is 0.667. The van der Waals surface area contributed by atoms with Crippen LogP contribution in [0.25, 0.3) is 0 Å². The summed E-state index contributed by atoms with van der Waals surface area (Å²) in [5, 5.41) is 11.2. The van der Waals surface area contributed by atoms with E-state index in [1.165, 1.54) is 11.3 Å². The second kappa shape index (κ2) is 8.61. The van der Waals surface area contributed by atoms with Crippen LogP contribution >= 0.6 is 11.3 Å². The summed E-state index contributed by atoms with van der Waals surface area (Å²) < 4.78 is 31.7. The Morgan fingerprint density at radius 1 is 1.12 bits per heavy atom. The van der Waals surface area contributed by atoms with Crippen molar-refractivity contribution in [3.63, 3.8) is 0 Å². The van der Waals surface area contributed by atoms with Crippen molar-refractivity contribution in [1.82, 2.24) is 15.2 Å².